The van der Waals surface area contributed by atoms with E-state index in [1.54, 1.807) is 11.3 Å². The SMILES string of the molecule is CCNC(CCCC1CCCO1)c1scc(C)c1Cl. The molecule has 0 bridgehead atoms. The van der Waals surface area contributed by atoms with Crippen LogP contribution in [-0.4, -0.2) is 19.3 Å². The lowest BCUT2D eigenvalue weighted by atomic mass is 10.0. The third-order valence-electron chi connectivity index (χ3n) is 3.74. The maximum absolute atomic E-state index is 6.39. The molecule has 1 saturated heterocycles. The van der Waals surface area contributed by atoms with Crippen LogP contribution in [0.1, 0.15) is 55.5 Å². The third kappa shape index (κ3) is 4.19. The van der Waals surface area contributed by atoms with Crippen LogP contribution in [0.2, 0.25) is 5.02 Å². The average molecular weight is 302 g/mol. The van der Waals surface area contributed by atoms with Gasteiger partial charge in [-0.25, -0.2) is 0 Å². The van der Waals surface area contributed by atoms with E-state index >= 15 is 0 Å². The monoisotopic (exact) mass is 301 g/mol. The molecule has 0 amide bonds. The first kappa shape index (κ1) is 15.3. The molecular formula is C15H24ClNOS. The lowest BCUT2D eigenvalue weighted by molar-refractivity contribution is 0.101. The number of rotatable bonds is 7. The highest BCUT2D eigenvalue weighted by Gasteiger charge is 2.19. The Bertz CT molecular complexity index is 387. The fourth-order valence-electron chi connectivity index (χ4n) is 2.68. The van der Waals surface area contributed by atoms with E-state index in [-0.39, 0.29) is 0 Å². The van der Waals surface area contributed by atoms with E-state index in [1.165, 1.54) is 36.1 Å². The molecule has 4 heteroatoms. The maximum atomic E-state index is 6.39. The van der Waals surface area contributed by atoms with Gasteiger partial charge in [0, 0.05) is 17.5 Å². The molecule has 0 aromatic carbocycles. The summed E-state index contributed by atoms with van der Waals surface area (Å²) < 4.78 is 5.68. The van der Waals surface area contributed by atoms with Crippen molar-refractivity contribution in [1.29, 1.82) is 0 Å². The summed E-state index contributed by atoms with van der Waals surface area (Å²) >= 11 is 8.17. The normalized spacial score (nSPS) is 20.9. The van der Waals surface area contributed by atoms with E-state index in [2.05, 4.69) is 24.5 Å². The van der Waals surface area contributed by atoms with Gasteiger partial charge in [-0.2, -0.15) is 0 Å². The van der Waals surface area contributed by atoms with E-state index in [0.29, 0.717) is 12.1 Å². The Hall–Kier alpha value is -0.0900. The summed E-state index contributed by atoms with van der Waals surface area (Å²) in [6.07, 6.45) is 6.51. The first-order chi connectivity index (χ1) is 9.22. The average Bonchev–Trinajstić information content (AvgIpc) is 3.01. The topological polar surface area (TPSA) is 21.3 Å². The standard InChI is InChI=1S/C15H24ClNOS/c1-3-17-13(15-14(16)11(2)10-19-15)8-4-6-12-7-5-9-18-12/h10,12-13,17H,3-9H2,1-2H3. The van der Waals surface area contributed by atoms with Crippen LogP contribution in [0.5, 0.6) is 0 Å². The van der Waals surface area contributed by atoms with Crippen LogP contribution >= 0.6 is 22.9 Å². The molecule has 108 valence electrons. The first-order valence-electron chi connectivity index (χ1n) is 7.30. The second-order valence-corrected chi connectivity index (χ2v) is 6.56. The molecule has 1 aliphatic rings. The van der Waals surface area contributed by atoms with Crippen LogP contribution in [0, 0.1) is 6.92 Å². The van der Waals surface area contributed by atoms with E-state index in [9.17, 15) is 0 Å². The van der Waals surface area contributed by atoms with E-state index < -0.39 is 0 Å². The molecule has 0 aliphatic carbocycles. The van der Waals surface area contributed by atoms with Crippen molar-refractivity contribution < 1.29 is 4.74 Å². The molecule has 0 radical (unpaired) electrons. The number of nitrogens with one attached hydrogen (secondary N) is 1. The fraction of sp³-hybridized carbons (Fsp3) is 0.733. The highest BCUT2D eigenvalue weighted by molar-refractivity contribution is 7.10. The van der Waals surface area contributed by atoms with Gasteiger partial charge in [-0.1, -0.05) is 18.5 Å². The highest BCUT2D eigenvalue weighted by atomic mass is 35.5. The van der Waals surface area contributed by atoms with Crippen LogP contribution < -0.4 is 5.32 Å². The smallest absolute Gasteiger partial charge is 0.0590 e. The summed E-state index contributed by atoms with van der Waals surface area (Å²) in [5, 5.41) is 6.67. The summed E-state index contributed by atoms with van der Waals surface area (Å²) in [5.41, 5.74) is 1.20. The molecule has 2 atom stereocenters. The summed E-state index contributed by atoms with van der Waals surface area (Å²) in [6, 6.07) is 0.401. The number of halogens is 1. The van der Waals surface area contributed by atoms with Gasteiger partial charge in [-0.05, 0) is 56.5 Å². The molecule has 1 fully saturated rings. The van der Waals surface area contributed by atoms with Gasteiger partial charge in [-0.3, -0.25) is 0 Å². The van der Waals surface area contributed by atoms with Crippen molar-refractivity contribution >= 4 is 22.9 Å². The number of aryl methyl sites for hydroxylation is 1. The second kappa shape index (κ2) is 7.63. The molecule has 1 N–H and O–H groups in total. The van der Waals surface area contributed by atoms with Gasteiger partial charge >= 0.3 is 0 Å². The molecule has 0 spiro atoms. The largest absolute Gasteiger partial charge is 0.378 e. The van der Waals surface area contributed by atoms with Crippen molar-refractivity contribution in [2.45, 2.75) is 58.1 Å². The Balaban J connectivity index is 1.86. The van der Waals surface area contributed by atoms with Crippen LogP contribution in [0.15, 0.2) is 5.38 Å². The Kier molecular flexibility index (Phi) is 6.14. The highest BCUT2D eigenvalue weighted by Crippen LogP contribution is 2.35. The van der Waals surface area contributed by atoms with E-state index in [0.717, 1.165) is 24.6 Å². The van der Waals surface area contributed by atoms with Crippen LogP contribution in [0.25, 0.3) is 0 Å². The van der Waals surface area contributed by atoms with Gasteiger partial charge in [0.1, 0.15) is 0 Å². The Morgan fingerprint density at radius 2 is 2.42 bits per heavy atom. The van der Waals surface area contributed by atoms with Crippen molar-refractivity contribution in [3.05, 3.63) is 20.8 Å². The van der Waals surface area contributed by atoms with Gasteiger partial charge in [0.25, 0.3) is 0 Å². The Labute approximate surface area is 125 Å². The predicted octanol–water partition coefficient (Wildman–Crippen LogP) is 4.71. The molecule has 1 aromatic rings. The summed E-state index contributed by atoms with van der Waals surface area (Å²) in [4.78, 5) is 1.30. The van der Waals surface area contributed by atoms with Crippen LogP contribution in [0.4, 0.5) is 0 Å². The minimum atomic E-state index is 0.401. The fourth-order valence-corrected chi connectivity index (χ4v) is 4.11. The minimum Gasteiger partial charge on any atom is -0.378 e. The summed E-state index contributed by atoms with van der Waals surface area (Å²) in [5.74, 6) is 0. The van der Waals surface area contributed by atoms with Crippen molar-refractivity contribution in [3.63, 3.8) is 0 Å². The second-order valence-electron chi connectivity index (χ2n) is 5.27. The number of hydrogen-bond donors (Lipinski definition) is 1. The Morgan fingerprint density at radius 3 is 3.00 bits per heavy atom. The quantitative estimate of drug-likeness (QED) is 0.787. The zero-order chi connectivity index (χ0) is 13.7. The van der Waals surface area contributed by atoms with Crippen molar-refractivity contribution in [3.8, 4) is 0 Å². The minimum absolute atomic E-state index is 0.401. The van der Waals surface area contributed by atoms with Gasteiger partial charge < -0.3 is 10.1 Å². The van der Waals surface area contributed by atoms with Gasteiger partial charge in [0.2, 0.25) is 0 Å². The lowest BCUT2D eigenvalue weighted by Gasteiger charge is -2.18. The molecule has 2 unspecified atom stereocenters. The number of thiophene rings is 1. The molecule has 2 heterocycles. The number of hydrogen-bond acceptors (Lipinski definition) is 3. The van der Waals surface area contributed by atoms with Gasteiger partial charge in [-0.15, -0.1) is 11.3 Å². The van der Waals surface area contributed by atoms with Crippen LogP contribution in [0.3, 0.4) is 0 Å². The molecule has 0 saturated carbocycles. The Morgan fingerprint density at radius 1 is 1.58 bits per heavy atom. The van der Waals surface area contributed by atoms with Crippen LogP contribution in [-0.2, 0) is 4.74 Å². The predicted molar refractivity (Wildman–Crippen MR) is 83.3 cm³/mol. The zero-order valence-corrected chi connectivity index (χ0v) is 13.4. The zero-order valence-electron chi connectivity index (χ0n) is 11.9. The third-order valence-corrected chi connectivity index (χ3v) is 5.56. The van der Waals surface area contributed by atoms with Gasteiger partial charge in [0.05, 0.1) is 11.1 Å². The van der Waals surface area contributed by atoms with E-state index in [1.807, 2.05) is 0 Å². The summed E-state index contributed by atoms with van der Waals surface area (Å²) in [6.45, 7) is 6.17. The van der Waals surface area contributed by atoms with Gasteiger partial charge in [0.15, 0.2) is 0 Å². The molecule has 2 rings (SSSR count). The molecule has 1 aliphatic heterocycles. The van der Waals surface area contributed by atoms with E-state index in [4.69, 9.17) is 16.3 Å². The molecule has 2 nitrogen and oxygen atoms in total. The first-order valence-corrected chi connectivity index (χ1v) is 8.56. The van der Waals surface area contributed by atoms with Crippen molar-refractivity contribution in [2.75, 3.05) is 13.2 Å². The summed E-state index contributed by atoms with van der Waals surface area (Å²) in [7, 11) is 0. The molecule has 1 aromatic heterocycles. The molecule has 19 heavy (non-hydrogen) atoms. The van der Waals surface area contributed by atoms with Crippen molar-refractivity contribution in [2.24, 2.45) is 0 Å². The van der Waals surface area contributed by atoms with Crippen molar-refractivity contribution in [1.82, 2.24) is 5.32 Å². The molecular weight excluding hydrogens is 278 g/mol. The lowest BCUT2D eigenvalue weighted by Crippen LogP contribution is -2.20. The number of ether oxygens (including phenoxy) is 1. The maximum Gasteiger partial charge on any atom is 0.0590 e.